The van der Waals surface area contributed by atoms with Crippen LogP contribution in [0.25, 0.3) is 0 Å². The van der Waals surface area contributed by atoms with Crippen molar-refractivity contribution in [1.82, 2.24) is 4.98 Å². The van der Waals surface area contributed by atoms with E-state index < -0.39 is 0 Å². The van der Waals surface area contributed by atoms with Gasteiger partial charge >= 0.3 is 0 Å². The lowest BCUT2D eigenvalue weighted by Crippen LogP contribution is -2.20. The molecule has 2 unspecified atom stereocenters. The van der Waals surface area contributed by atoms with Crippen LogP contribution in [0.15, 0.2) is 12.1 Å². The maximum absolute atomic E-state index is 9.77. The normalized spacial score (nSPS) is 24.7. The molecule has 2 heterocycles. The first-order chi connectivity index (χ1) is 7.69. The van der Waals surface area contributed by atoms with Crippen LogP contribution >= 0.6 is 11.8 Å². The predicted octanol–water partition coefficient (Wildman–Crippen LogP) is 1.67. The van der Waals surface area contributed by atoms with E-state index >= 15 is 0 Å². The van der Waals surface area contributed by atoms with Gasteiger partial charge in [-0.15, -0.1) is 0 Å². The fourth-order valence-electron chi connectivity index (χ4n) is 1.98. The second-order valence-corrected chi connectivity index (χ2v) is 5.28. The number of hydrogen-bond acceptors (Lipinski definition) is 4. The van der Waals surface area contributed by atoms with Gasteiger partial charge in [0.05, 0.1) is 13.2 Å². The third-order valence-corrected chi connectivity index (χ3v) is 4.09. The molecule has 1 N–H and O–H groups in total. The van der Waals surface area contributed by atoms with E-state index in [2.05, 4.69) is 4.98 Å². The van der Waals surface area contributed by atoms with Crippen LogP contribution in [0.2, 0.25) is 0 Å². The first-order valence-electron chi connectivity index (χ1n) is 5.46. The number of aliphatic hydroxyl groups excluding tert-OH is 1. The molecule has 1 fully saturated rings. The second kappa shape index (κ2) is 5.06. The van der Waals surface area contributed by atoms with E-state index in [0.29, 0.717) is 5.92 Å². The standard InChI is InChI=1S/C12H17NO2S/c1-8-3-11(15-2)5-10(13-8)4-9-6-16-7-12(9)14/h3,5,9,12,14H,4,6-7H2,1-2H3. The SMILES string of the molecule is COc1cc(C)nc(CC2CSCC2O)c1. The quantitative estimate of drug-likeness (QED) is 0.871. The van der Waals surface area contributed by atoms with Gasteiger partial charge in [0, 0.05) is 35.2 Å². The summed E-state index contributed by atoms with van der Waals surface area (Å²) >= 11 is 1.81. The summed E-state index contributed by atoms with van der Waals surface area (Å²) in [6, 6.07) is 3.88. The fourth-order valence-corrected chi connectivity index (χ4v) is 3.27. The van der Waals surface area contributed by atoms with E-state index in [0.717, 1.165) is 35.1 Å². The van der Waals surface area contributed by atoms with Crippen molar-refractivity contribution in [2.75, 3.05) is 18.6 Å². The minimum absolute atomic E-state index is 0.182. The topological polar surface area (TPSA) is 42.4 Å². The number of nitrogens with zero attached hydrogens (tertiary/aromatic N) is 1. The molecular weight excluding hydrogens is 222 g/mol. The molecule has 0 spiro atoms. The Labute approximate surface area is 100 Å². The van der Waals surface area contributed by atoms with E-state index in [-0.39, 0.29) is 6.10 Å². The van der Waals surface area contributed by atoms with Crippen LogP contribution in [0.1, 0.15) is 11.4 Å². The third-order valence-electron chi connectivity index (χ3n) is 2.85. The molecule has 0 aliphatic carbocycles. The van der Waals surface area contributed by atoms with Gasteiger partial charge in [0.15, 0.2) is 0 Å². The summed E-state index contributed by atoms with van der Waals surface area (Å²) in [7, 11) is 1.67. The van der Waals surface area contributed by atoms with Gasteiger partial charge in [0.2, 0.25) is 0 Å². The van der Waals surface area contributed by atoms with E-state index in [9.17, 15) is 5.11 Å². The van der Waals surface area contributed by atoms with Gasteiger partial charge in [0.25, 0.3) is 0 Å². The number of rotatable bonds is 3. The average molecular weight is 239 g/mol. The Bertz CT molecular complexity index is 370. The van der Waals surface area contributed by atoms with Crippen molar-refractivity contribution >= 4 is 11.8 Å². The lowest BCUT2D eigenvalue weighted by atomic mass is 10.00. The highest BCUT2D eigenvalue weighted by atomic mass is 32.2. The molecule has 2 rings (SSSR count). The van der Waals surface area contributed by atoms with Crippen molar-refractivity contribution < 1.29 is 9.84 Å². The van der Waals surface area contributed by atoms with E-state index in [1.54, 1.807) is 7.11 Å². The minimum atomic E-state index is -0.182. The summed E-state index contributed by atoms with van der Waals surface area (Å²) in [4.78, 5) is 4.48. The molecule has 0 radical (unpaired) electrons. The van der Waals surface area contributed by atoms with Crippen LogP contribution in [0, 0.1) is 12.8 Å². The maximum atomic E-state index is 9.77. The van der Waals surface area contributed by atoms with E-state index in [1.807, 2.05) is 30.8 Å². The second-order valence-electron chi connectivity index (χ2n) is 4.21. The molecule has 1 aromatic heterocycles. The lowest BCUT2D eigenvalue weighted by Gasteiger charge is -2.13. The number of aliphatic hydroxyl groups is 1. The highest BCUT2D eigenvalue weighted by Crippen LogP contribution is 2.27. The van der Waals surface area contributed by atoms with Crippen molar-refractivity contribution in [3.05, 3.63) is 23.5 Å². The molecule has 0 aromatic carbocycles. The number of aryl methyl sites for hydroxylation is 1. The zero-order chi connectivity index (χ0) is 11.5. The number of aromatic nitrogens is 1. The molecule has 2 atom stereocenters. The molecule has 1 saturated heterocycles. The van der Waals surface area contributed by atoms with Crippen molar-refractivity contribution in [2.24, 2.45) is 5.92 Å². The molecule has 1 aliphatic heterocycles. The van der Waals surface area contributed by atoms with Gasteiger partial charge < -0.3 is 9.84 Å². The monoisotopic (exact) mass is 239 g/mol. The van der Waals surface area contributed by atoms with Crippen LogP contribution < -0.4 is 4.74 Å². The predicted molar refractivity (Wildman–Crippen MR) is 66.1 cm³/mol. The minimum Gasteiger partial charge on any atom is -0.497 e. The number of pyridine rings is 1. The number of methoxy groups -OCH3 is 1. The Balaban J connectivity index is 2.11. The Hall–Kier alpha value is -0.740. The molecule has 1 aliphatic rings. The van der Waals surface area contributed by atoms with Crippen molar-refractivity contribution in [2.45, 2.75) is 19.4 Å². The summed E-state index contributed by atoms with van der Waals surface area (Å²) in [6.45, 7) is 1.96. The Kier molecular flexibility index (Phi) is 3.71. The fraction of sp³-hybridized carbons (Fsp3) is 0.583. The molecule has 88 valence electrons. The van der Waals surface area contributed by atoms with Crippen LogP contribution in [0.3, 0.4) is 0 Å². The van der Waals surface area contributed by atoms with E-state index in [4.69, 9.17) is 4.74 Å². The molecule has 3 nitrogen and oxygen atoms in total. The summed E-state index contributed by atoms with van der Waals surface area (Å²) in [5, 5.41) is 9.77. The first kappa shape index (κ1) is 11.7. The van der Waals surface area contributed by atoms with Crippen molar-refractivity contribution in [3.8, 4) is 5.75 Å². The van der Waals surface area contributed by atoms with E-state index in [1.165, 1.54) is 0 Å². The van der Waals surface area contributed by atoms with Crippen LogP contribution in [-0.2, 0) is 6.42 Å². The number of thioether (sulfide) groups is 1. The highest BCUT2D eigenvalue weighted by Gasteiger charge is 2.26. The number of hydrogen-bond donors (Lipinski definition) is 1. The highest BCUT2D eigenvalue weighted by molar-refractivity contribution is 7.99. The van der Waals surface area contributed by atoms with Crippen LogP contribution in [-0.4, -0.2) is 34.8 Å². The summed E-state index contributed by atoms with van der Waals surface area (Å²) in [6.07, 6.45) is 0.657. The van der Waals surface area contributed by atoms with Crippen LogP contribution in [0.4, 0.5) is 0 Å². The van der Waals surface area contributed by atoms with Gasteiger partial charge in [-0.3, -0.25) is 4.98 Å². The summed E-state index contributed by atoms with van der Waals surface area (Å²) in [5.41, 5.74) is 1.98. The zero-order valence-electron chi connectivity index (χ0n) is 9.64. The Morgan fingerprint density at radius 2 is 2.31 bits per heavy atom. The number of ether oxygens (including phenoxy) is 1. The summed E-state index contributed by atoms with van der Waals surface area (Å²) in [5.74, 6) is 3.07. The van der Waals surface area contributed by atoms with Gasteiger partial charge in [-0.05, 0) is 19.1 Å². The first-order valence-corrected chi connectivity index (χ1v) is 6.62. The Morgan fingerprint density at radius 3 is 2.94 bits per heavy atom. The van der Waals surface area contributed by atoms with Crippen molar-refractivity contribution in [3.63, 3.8) is 0 Å². The average Bonchev–Trinajstić information content (AvgIpc) is 2.63. The summed E-state index contributed by atoms with van der Waals surface area (Å²) < 4.78 is 5.22. The lowest BCUT2D eigenvalue weighted by molar-refractivity contribution is 0.149. The molecule has 4 heteroatoms. The molecule has 16 heavy (non-hydrogen) atoms. The van der Waals surface area contributed by atoms with Gasteiger partial charge in [-0.25, -0.2) is 0 Å². The third kappa shape index (κ3) is 2.68. The van der Waals surface area contributed by atoms with Gasteiger partial charge in [0.1, 0.15) is 5.75 Å². The molecule has 0 saturated carbocycles. The van der Waals surface area contributed by atoms with Gasteiger partial charge in [-0.1, -0.05) is 0 Å². The van der Waals surface area contributed by atoms with Crippen molar-refractivity contribution in [1.29, 1.82) is 0 Å². The van der Waals surface area contributed by atoms with Crippen LogP contribution in [0.5, 0.6) is 5.75 Å². The largest absolute Gasteiger partial charge is 0.497 e. The molecule has 0 amide bonds. The maximum Gasteiger partial charge on any atom is 0.122 e. The molecule has 1 aromatic rings. The zero-order valence-corrected chi connectivity index (χ0v) is 10.5. The Morgan fingerprint density at radius 1 is 1.50 bits per heavy atom. The smallest absolute Gasteiger partial charge is 0.122 e. The molecule has 0 bridgehead atoms. The van der Waals surface area contributed by atoms with Gasteiger partial charge in [-0.2, -0.15) is 11.8 Å². The molecular formula is C12H17NO2S.